The number of aromatic nitrogens is 2. The molecule has 2 rings (SSSR count). The highest BCUT2D eigenvalue weighted by molar-refractivity contribution is 5.24. The largest absolute Gasteiger partial charge is 0.331 e. The zero-order valence-corrected chi connectivity index (χ0v) is 12.5. The number of imidazole rings is 1. The predicted octanol–water partition coefficient (Wildman–Crippen LogP) is 3.40. The van der Waals surface area contributed by atoms with Crippen LogP contribution in [0.15, 0.2) is 0 Å². The summed E-state index contributed by atoms with van der Waals surface area (Å²) in [6.45, 7) is 13.3. The lowest BCUT2D eigenvalue weighted by molar-refractivity contribution is 0.452. The summed E-state index contributed by atoms with van der Waals surface area (Å²) in [5, 5.41) is 3.51. The van der Waals surface area contributed by atoms with Gasteiger partial charge in [-0.1, -0.05) is 34.6 Å². The van der Waals surface area contributed by atoms with Gasteiger partial charge in [-0.2, -0.15) is 0 Å². The Hall–Kier alpha value is -0.830. The van der Waals surface area contributed by atoms with Crippen molar-refractivity contribution in [2.24, 2.45) is 0 Å². The molecule has 0 saturated carbocycles. The van der Waals surface area contributed by atoms with E-state index in [4.69, 9.17) is 4.98 Å². The molecular weight excluding hydrogens is 222 g/mol. The van der Waals surface area contributed by atoms with Crippen LogP contribution in [-0.4, -0.2) is 15.6 Å². The van der Waals surface area contributed by atoms with Gasteiger partial charge in [-0.05, 0) is 18.8 Å². The Morgan fingerprint density at radius 3 is 2.67 bits per heavy atom. The van der Waals surface area contributed by atoms with Gasteiger partial charge in [-0.25, -0.2) is 4.98 Å². The van der Waals surface area contributed by atoms with Crippen molar-refractivity contribution in [2.75, 3.05) is 0 Å². The zero-order chi connectivity index (χ0) is 13.3. The van der Waals surface area contributed by atoms with Crippen molar-refractivity contribution in [3.05, 3.63) is 17.2 Å². The second-order valence-electron chi connectivity index (χ2n) is 6.19. The molecular formula is C15H27N3. The van der Waals surface area contributed by atoms with Crippen molar-refractivity contribution in [2.45, 2.75) is 78.4 Å². The standard InChI is InChI=1S/C15H27N3/c1-10(2)15-17-13(9-16-11(3)4)14-12(5)7-6-8-18(14)15/h10-12,16H,6-9H2,1-5H3. The SMILES string of the molecule is CC(C)NCc1nc(C(C)C)n2c1C(C)CCC2. The second-order valence-corrected chi connectivity index (χ2v) is 6.19. The number of hydrogen-bond acceptors (Lipinski definition) is 2. The number of hydrogen-bond donors (Lipinski definition) is 1. The van der Waals surface area contributed by atoms with E-state index in [1.807, 2.05) is 0 Å². The van der Waals surface area contributed by atoms with Crippen LogP contribution in [0, 0.1) is 0 Å². The van der Waals surface area contributed by atoms with Crippen LogP contribution in [0.2, 0.25) is 0 Å². The topological polar surface area (TPSA) is 29.9 Å². The van der Waals surface area contributed by atoms with Gasteiger partial charge >= 0.3 is 0 Å². The molecule has 102 valence electrons. The van der Waals surface area contributed by atoms with Crippen LogP contribution >= 0.6 is 0 Å². The number of rotatable bonds is 4. The maximum atomic E-state index is 4.91. The first-order valence-corrected chi connectivity index (χ1v) is 7.33. The highest BCUT2D eigenvalue weighted by Crippen LogP contribution is 2.32. The summed E-state index contributed by atoms with van der Waals surface area (Å²) in [6.07, 6.45) is 2.60. The molecule has 1 aromatic rings. The minimum Gasteiger partial charge on any atom is -0.331 e. The van der Waals surface area contributed by atoms with Crippen LogP contribution in [-0.2, 0) is 13.1 Å². The van der Waals surface area contributed by atoms with Gasteiger partial charge in [0.05, 0.1) is 5.69 Å². The van der Waals surface area contributed by atoms with Crippen molar-refractivity contribution in [3.63, 3.8) is 0 Å². The quantitative estimate of drug-likeness (QED) is 0.886. The first-order chi connectivity index (χ1) is 8.50. The number of fused-ring (bicyclic) bond motifs is 1. The van der Waals surface area contributed by atoms with E-state index in [9.17, 15) is 0 Å². The summed E-state index contributed by atoms with van der Waals surface area (Å²) < 4.78 is 2.48. The fourth-order valence-electron chi connectivity index (χ4n) is 2.88. The monoisotopic (exact) mass is 249 g/mol. The molecule has 1 N–H and O–H groups in total. The molecule has 3 heteroatoms. The van der Waals surface area contributed by atoms with Crippen LogP contribution in [0.5, 0.6) is 0 Å². The molecule has 2 heterocycles. The van der Waals surface area contributed by atoms with E-state index in [1.54, 1.807) is 0 Å². The van der Waals surface area contributed by atoms with E-state index in [2.05, 4.69) is 44.5 Å². The highest BCUT2D eigenvalue weighted by atomic mass is 15.1. The fourth-order valence-corrected chi connectivity index (χ4v) is 2.88. The molecule has 0 aliphatic carbocycles. The van der Waals surface area contributed by atoms with Gasteiger partial charge < -0.3 is 9.88 Å². The van der Waals surface area contributed by atoms with E-state index in [1.165, 1.54) is 30.1 Å². The first-order valence-electron chi connectivity index (χ1n) is 7.33. The molecule has 0 amide bonds. The summed E-state index contributed by atoms with van der Waals surface area (Å²) in [4.78, 5) is 4.91. The minimum atomic E-state index is 0.516. The summed E-state index contributed by atoms with van der Waals surface area (Å²) in [5.41, 5.74) is 2.76. The van der Waals surface area contributed by atoms with Gasteiger partial charge in [0.15, 0.2) is 0 Å². The highest BCUT2D eigenvalue weighted by Gasteiger charge is 2.25. The third-order valence-electron chi connectivity index (χ3n) is 3.79. The number of nitrogens with zero attached hydrogens (tertiary/aromatic N) is 2. The van der Waals surface area contributed by atoms with Crippen molar-refractivity contribution in [3.8, 4) is 0 Å². The third-order valence-corrected chi connectivity index (χ3v) is 3.79. The van der Waals surface area contributed by atoms with Crippen molar-refractivity contribution >= 4 is 0 Å². The molecule has 0 fully saturated rings. The van der Waals surface area contributed by atoms with Crippen LogP contribution in [0.3, 0.4) is 0 Å². The molecule has 1 unspecified atom stereocenters. The number of nitrogens with one attached hydrogen (secondary N) is 1. The Balaban J connectivity index is 2.34. The lowest BCUT2D eigenvalue weighted by Gasteiger charge is -2.24. The first kappa shape index (κ1) is 13.6. The van der Waals surface area contributed by atoms with Gasteiger partial charge in [-0.15, -0.1) is 0 Å². The minimum absolute atomic E-state index is 0.516. The van der Waals surface area contributed by atoms with E-state index in [0.29, 0.717) is 17.9 Å². The molecule has 18 heavy (non-hydrogen) atoms. The third kappa shape index (κ3) is 2.61. The van der Waals surface area contributed by atoms with Gasteiger partial charge in [-0.3, -0.25) is 0 Å². The summed E-state index contributed by atoms with van der Waals surface area (Å²) in [7, 11) is 0. The van der Waals surface area contributed by atoms with Gasteiger partial charge in [0.1, 0.15) is 5.82 Å². The average molecular weight is 249 g/mol. The normalized spacial score (nSPS) is 19.6. The average Bonchev–Trinajstić information content (AvgIpc) is 2.67. The van der Waals surface area contributed by atoms with Crippen LogP contribution < -0.4 is 5.32 Å². The zero-order valence-electron chi connectivity index (χ0n) is 12.5. The Bertz CT molecular complexity index is 404. The van der Waals surface area contributed by atoms with Gasteiger partial charge in [0, 0.05) is 30.7 Å². The summed E-state index contributed by atoms with van der Waals surface area (Å²) >= 11 is 0. The van der Waals surface area contributed by atoms with Gasteiger partial charge in [0.2, 0.25) is 0 Å². The molecule has 0 spiro atoms. The van der Waals surface area contributed by atoms with Crippen LogP contribution in [0.1, 0.15) is 76.5 Å². The maximum absolute atomic E-state index is 4.91. The van der Waals surface area contributed by atoms with Crippen molar-refractivity contribution < 1.29 is 0 Å². The second kappa shape index (κ2) is 5.43. The Kier molecular flexibility index (Phi) is 4.10. The van der Waals surface area contributed by atoms with Crippen LogP contribution in [0.25, 0.3) is 0 Å². The summed E-state index contributed by atoms with van der Waals surface area (Å²) in [5.74, 6) is 2.45. The molecule has 1 aromatic heterocycles. The molecule has 0 radical (unpaired) electrons. The molecule has 0 aromatic carbocycles. The predicted molar refractivity (Wildman–Crippen MR) is 75.9 cm³/mol. The van der Waals surface area contributed by atoms with Gasteiger partial charge in [0.25, 0.3) is 0 Å². The molecule has 0 bridgehead atoms. The van der Waals surface area contributed by atoms with Crippen molar-refractivity contribution in [1.29, 1.82) is 0 Å². The Labute approximate surface area is 111 Å². The molecule has 0 saturated heterocycles. The Morgan fingerprint density at radius 1 is 1.33 bits per heavy atom. The van der Waals surface area contributed by atoms with Crippen molar-refractivity contribution in [1.82, 2.24) is 14.9 Å². The van der Waals surface area contributed by atoms with E-state index >= 15 is 0 Å². The van der Waals surface area contributed by atoms with Crippen LogP contribution in [0.4, 0.5) is 0 Å². The fraction of sp³-hybridized carbons (Fsp3) is 0.800. The van der Waals surface area contributed by atoms with E-state index in [-0.39, 0.29) is 0 Å². The molecule has 1 atom stereocenters. The maximum Gasteiger partial charge on any atom is 0.111 e. The lowest BCUT2D eigenvalue weighted by Crippen LogP contribution is -2.24. The summed E-state index contributed by atoms with van der Waals surface area (Å²) in [6, 6.07) is 0.517. The lowest BCUT2D eigenvalue weighted by atomic mass is 9.96. The molecule has 1 aliphatic heterocycles. The van der Waals surface area contributed by atoms with E-state index < -0.39 is 0 Å². The molecule has 1 aliphatic rings. The Morgan fingerprint density at radius 2 is 2.06 bits per heavy atom. The van der Waals surface area contributed by atoms with E-state index in [0.717, 1.165) is 13.1 Å². The smallest absolute Gasteiger partial charge is 0.111 e. The molecule has 3 nitrogen and oxygen atoms in total.